The second kappa shape index (κ2) is 5.47. The van der Waals surface area contributed by atoms with E-state index in [1.54, 1.807) is 55.5 Å². The molecule has 6 heteroatoms. The molecule has 0 spiro atoms. The molecule has 3 rings (SSSR count). The van der Waals surface area contributed by atoms with E-state index in [0.717, 1.165) is 5.56 Å². The van der Waals surface area contributed by atoms with E-state index in [-0.39, 0.29) is 9.79 Å². The Hall–Kier alpha value is -2.18. The van der Waals surface area contributed by atoms with Crippen LogP contribution in [0.2, 0.25) is 0 Å². The molecule has 0 bridgehead atoms. The number of hydrogen-bond donors (Lipinski definition) is 0. The zero-order valence-electron chi connectivity index (χ0n) is 12.3. The van der Waals surface area contributed by atoms with Gasteiger partial charge in [-0.2, -0.15) is 0 Å². The van der Waals surface area contributed by atoms with Crippen LogP contribution in [0.5, 0.6) is 0 Å². The first-order valence-corrected chi connectivity index (χ1v) is 10.4. The lowest BCUT2D eigenvalue weighted by Crippen LogP contribution is -2.16. The molecule has 0 unspecified atom stereocenters. The first kappa shape index (κ1) is 15.7. The van der Waals surface area contributed by atoms with Gasteiger partial charge < -0.3 is 0 Å². The summed E-state index contributed by atoms with van der Waals surface area (Å²) in [6.45, 7) is 1.80. The second-order valence-electron chi connectivity index (χ2n) is 5.20. The molecule has 0 saturated heterocycles. The number of hydrogen-bond acceptors (Lipinski definition) is 4. The van der Waals surface area contributed by atoms with Gasteiger partial charge in [-0.3, -0.25) is 0 Å². The van der Waals surface area contributed by atoms with E-state index < -0.39 is 17.7 Å². The van der Waals surface area contributed by atoms with Crippen LogP contribution < -0.4 is 0 Å². The molecule has 0 aliphatic carbocycles. The van der Waals surface area contributed by atoms with Crippen molar-refractivity contribution in [1.29, 1.82) is 0 Å². The third kappa shape index (κ3) is 2.54. The zero-order chi connectivity index (χ0) is 16.7. The van der Waals surface area contributed by atoms with Crippen LogP contribution in [0.25, 0.3) is 10.8 Å². The smallest absolute Gasteiger partial charge is 0.207 e. The summed E-state index contributed by atoms with van der Waals surface area (Å²) in [6, 6.07) is 17.2. The normalized spacial score (nSPS) is 12.4. The van der Waals surface area contributed by atoms with Crippen molar-refractivity contribution in [3.05, 3.63) is 72.3 Å². The highest BCUT2D eigenvalue weighted by Crippen LogP contribution is 2.30. The monoisotopic (exact) mass is 346 g/mol. The van der Waals surface area contributed by atoms with Crippen molar-refractivity contribution in [1.82, 2.24) is 0 Å². The summed E-state index contributed by atoms with van der Waals surface area (Å²) in [5.41, 5.74) is 0.853. The van der Waals surface area contributed by atoms with Gasteiger partial charge in [0.2, 0.25) is 0 Å². The number of aryl methyl sites for hydroxylation is 1. The Morgan fingerprint density at radius 2 is 1.26 bits per heavy atom. The van der Waals surface area contributed by atoms with Crippen LogP contribution in [0.3, 0.4) is 0 Å². The predicted octanol–water partition coefficient (Wildman–Crippen LogP) is 3.31. The number of rotatable bonds is 3. The Balaban J connectivity index is 2.27. The second-order valence-corrected chi connectivity index (χ2v) is 10.6. The summed E-state index contributed by atoms with van der Waals surface area (Å²) in [4.78, 5) is -0.424. The van der Waals surface area contributed by atoms with Crippen LogP contribution in [-0.2, 0) is 17.7 Å². The fraction of sp³-hybridized carbons (Fsp3) is 0.0588. The van der Waals surface area contributed by atoms with Crippen LogP contribution in [0.15, 0.2) is 76.5 Å². The highest BCUT2D eigenvalue weighted by Gasteiger charge is 2.34. The van der Waals surface area contributed by atoms with Gasteiger partial charge in [0.1, 0.15) is 0 Å². The molecule has 0 N–H and O–H groups in total. The summed E-state index contributed by atoms with van der Waals surface area (Å²) in [5.74, 6) is 0. The largest absolute Gasteiger partial charge is 0.286 e. The molecule has 3 aromatic carbocycles. The first-order valence-electron chi connectivity index (χ1n) is 6.88. The Morgan fingerprint density at radius 1 is 0.652 bits per heavy atom. The Bertz CT molecular complexity index is 1080. The van der Waals surface area contributed by atoms with Gasteiger partial charge in [-0.1, -0.05) is 54.1 Å². The quantitative estimate of drug-likeness (QED) is 0.682. The average Bonchev–Trinajstić information content (AvgIpc) is 2.54. The minimum Gasteiger partial charge on any atom is -0.207 e. The fourth-order valence-electron chi connectivity index (χ4n) is 2.36. The van der Waals surface area contributed by atoms with Gasteiger partial charge in [-0.25, -0.2) is 16.8 Å². The van der Waals surface area contributed by atoms with Crippen molar-refractivity contribution in [2.75, 3.05) is 0 Å². The lowest BCUT2D eigenvalue weighted by Gasteiger charge is -2.09. The van der Waals surface area contributed by atoms with Crippen LogP contribution in [0.4, 0.5) is 0 Å². The Morgan fingerprint density at radius 3 is 1.96 bits per heavy atom. The van der Waals surface area contributed by atoms with E-state index in [9.17, 15) is 16.8 Å². The van der Waals surface area contributed by atoms with Crippen LogP contribution in [0, 0.1) is 6.92 Å². The van der Waals surface area contributed by atoms with Crippen molar-refractivity contribution < 1.29 is 16.8 Å². The van der Waals surface area contributed by atoms with Crippen molar-refractivity contribution in [3.8, 4) is 0 Å². The van der Waals surface area contributed by atoms with Gasteiger partial charge in [-0.05, 0) is 30.5 Å². The third-order valence-electron chi connectivity index (χ3n) is 3.62. The lowest BCUT2D eigenvalue weighted by atomic mass is 10.1. The van der Waals surface area contributed by atoms with E-state index in [1.165, 1.54) is 18.2 Å². The molecular formula is C17H14O4S2. The van der Waals surface area contributed by atoms with Crippen LogP contribution >= 0.6 is 0 Å². The highest BCUT2D eigenvalue weighted by atomic mass is 33.2. The summed E-state index contributed by atoms with van der Waals surface area (Å²) < 4.78 is 50.8. The van der Waals surface area contributed by atoms with Gasteiger partial charge in [0.15, 0.2) is 0 Å². The molecule has 0 radical (unpaired) electrons. The van der Waals surface area contributed by atoms with Crippen molar-refractivity contribution >= 4 is 28.5 Å². The van der Waals surface area contributed by atoms with Crippen molar-refractivity contribution in [2.24, 2.45) is 0 Å². The van der Waals surface area contributed by atoms with E-state index in [1.807, 2.05) is 0 Å². The molecule has 23 heavy (non-hydrogen) atoms. The van der Waals surface area contributed by atoms with E-state index in [0.29, 0.717) is 10.8 Å². The number of benzene rings is 3. The van der Waals surface area contributed by atoms with Gasteiger partial charge in [-0.15, -0.1) is 0 Å². The molecule has 0 heterocycles. The maximum Gasteiger partial charge on any atom is 0.286 e. The van der Waals surface area contributed by atoms with E-state index in [4.69, 9.17) is 0 Å². The SMILES string of the molecule is Cc1ccc(S(=O)(=O)S(=O)(=O)c2cccc3ccccc23)cc1. The lowest BCUT2D eigenvalue weighted by molar-refractivity contribution is 0.583. The topological polar surface area (TPSA) is 68.3 Å². The number of fused-ring (bicyclic) bond motifs is 1. The molecule has 0 aliphatic heterocycles. The molecule has 0 aliphatic rings. The molecule has 3 aromatic rings. The zero-order valence-corrected chi connectivity index (χ0v) is 13.9. The van der Waals surface area contributed by atoms with Gasteiger partial charge in [0, 0.05) is 5.39 Å². The van der Waals surface area contributed by atoms with Crippen LogP contribution in [-0.4, -0.2) is 16.8 Å². The summed E-state index contributed by atoms with van der Waals surface area (Å²) in [6.07, 6.45) is 0. The minimum atomic E-state index is -4.56. The minimum absolute atomic E-state index is 0.198. The Labute approximate surface area is 134 Å². The average molecular weight is 346 g/mol. The summed E-state index contributed by atoms with van der Waals surface area (Å²) in [5, 5.41) is 1.07. The molecule has 0 amide bonds. The molecule has 118 valence electrons. The molecule has 0 saturated carbocycles. The maximum absolute atomic E-state index is 12.8. The van der Waals surface area contributed by atoms with Crippen molar-refractivity contribution in [3.63, 3.8) is 0 Å². The summed E-state index contributed by atoms with van der Waals surface area (Å²) >= 11 is 0. The van der Waals surface area contributed by atoms with Gasteiger partial charge >= 0.3 is 0 Å². The summed E-state index contributed by atoms with van der Waals surface area (Å²) in [7, 11) is -9.09. The first-order chi connectivity index (χ1) is 10.8. The third-order valence-corrected chi connectivity index (χ3v) is 8.79. The molecule has 0 aromatic heterocycles. The van der Waals surface area contributed by atoms with Gasteiger partial charge in [0.05, 0.1) is 9.79 Å². The van der Waals surface area contributed by atoms with Crippen LogP contribution in [0.1, 0.15) is 5.56 Å². The molecular weight excluding hydrogens is 332 g/mol. The molecule has 0 atom stereocenters. The Kier molecular flexibility index (Phi) is 3.74. The van der Waals surface area contributed by atoms with Crippen molar-refractivity contribution in [2.45, 2.75) is 16.7 Å². The fourth-order valence-corrected chi connectivity index (χ4v) is 6.26. The van der Waals surface area contributed by atoms with Gasteiger partial charge in [0.25, 0.3) is 17.7 Å². The van der Waals surface area contributed by atoms with E-state index in [2.05, 4.69) is 0 Å². The molecule has 4 nitrogen and oxygen atoms in total. The molecule has 0 fully saturated rings. The maximum atomic E-state index is 12.8. The standard InChI is InChI=1S/C17H14O4S2/c1-13-9-11-15(12-10-13)22(18,19)23(20,21)17-8-4-6-14-5-2-3-7-16(14)17/h2-12H,1H3. The predicted molar refractivity (Wildman–Crippen MR) is 89.5 cm³/mol. The van der Waals surface area contributed by atoms with E-state index >= 15 is 0 Å². The highest BCUT2D eigenvalue weighted by molar-refractivity contribution is 8.67.